The number of hydrogen-bond donors (Lipinski definition) is 5. The highest BCUT2D eigenvalue weighted by atomic mass is 16.5. The first-order valence-electron chi connectivity index (χ1n) is 12.6. The van der Waals surface area contributed by atoms with Crippen LogP contribution in [-0.4, -0.2) is 30.3 Å². The Morgan fingerprint density at radius 2 is 1.74 bits per heavy atom. The van der Waals surface area contributed by atoms with Gasteiger partial charge in [-0.25, -0.2) is 0 Å². The van der Waals surface area contributed by atoms with E-state index in [-0.39, 0.29) is 18.0 Å². The molecule has 38 heavy (non-hydrogen) atoms. The number of carbonyl (C=O) groups is 1. The van der Waals surface area contributed by atoms with Crippen molar-refractivity contribution in [3.05, 3.63) is 107 Å². The number of phenolic OH excluding ortho intramolecular Hbond substituents is 1. The summed E-state index contributed by atoms with van der Waals surface area (Å²) < 4.78 is 5.50. The highest BCUT2D eigenvalue weighted by molar-refractivity contribution is 5.77. The summed E-state index contributed by atoms with van der Waals surface area (Å²) in [6.45, 7) is 6.42. The Morgan fingerprint density at radius 3 is 2.29 bits per heavy atom. The quantitative estimate of drug-likeness (QED) is 0.0924. The van der Waals surface area contributed by atoms with Crippen LogP contribution in [0.5, 0.6) is 5.75 Å². The van der Waals surface area contributed by atoms with E-state index in [4.69, 9.17) is 10.5 Å². The molecule has 0 saturated heterocycles. The molecular formula is C31H39N3O4. The van der Waals surface area contributed by atoms with Crippen LogP contribution in [0.15, 0.2) is 90.3 Å². The van der Waals surface area contributed by atoms with Crippen LogP contribution in [0.3, 0.4) is 0 Å². The van der Waals surface area contributed by atoms with Crippen molar-refractivity contribution in [2.24, 2.45) is 5.73 Å². The molecule has 0 radical (unpaired) electrons. The van der Waals surface area contributed by atoms with Gasteiger partial charge in [0.25, 0.3) is 0 Å². The number of aliphatic hydroxyl groups excluding tert-OH is 1. The lowest BCUT2D eigenvalue weighted by atomic mass is 10.0. The molecule has 0 saturated carbocycles. The van der Waals surface area contributed by atoms with E-state index in [2.05, 4.69) is 79.1 Å². The lowest BCUT2D eigenvalue weighted by molar-refractivity contribution is -0.105. The van der Waals surface area contributed by atoms with Gasteiger partial charge in [0.1, 0.15) is 11.5 Å². The van der Waals surface area contributed by atoms with Crippen LogP contribution in [0.1, 0.15) is 50.0 Å². The van der Waals surface area contributed by atoms with Crippen molar-refractivity contribution in [1.29, 1.82) is 0 Å². The zero-order valence-electron chi connectivity index (χ0n) is 22.6. The van der Waals surface area contributed by atoms with Crippen molar-refractivity contribution in [2.75, 3.05) is 24.3 Å². The van der Waals surface area contributed by atoms with Gasteiger partial charge in [0, 0.05) is 23.5 Å². The zero-order valence-corrected chi connectivity index (χ0v) is 22.6. The molecule has 1 unspecified atom stereocenters. The van der Waals surface area contributed by atoms with Crippen molar-refractivity contribution in [3.8, 4) is 5.75 Å². The van der Waals surface area contributed by atoms with Crippen molar-refractivity contribution >= 4 is 23.4 Å². The van der Waals surface area contributed by atoms with Gasteiger partial charge in [0.2, 0.25) is 6.41 Å². The average Bonchev–Trinajstić information content (AvgIpc) is 2.96. The van der Waals surface area contributed by atoms with Crippen molar-refractivity contribution in [2.45, 2.75) is 39.7 Å². The largest absolute Gasteiger partial charge is 0.506 e. The predicted molar refractivity (Wildman–Crippen MR) is 156 cm³/mol. The minimum Gasteiger partial charge on any atom is -0.506 e. The average molecular weight is 518 g/mol. The summed E-state index contributed by atoms with van der Waals surface area (Å²) in [5.74, 6) is 0.861. The van der Waals surface area contributed by atoms with Gasteiger partial charge >= 0.3 is 0 Å². The fourth-order valence-corrected chi connectivity index (χ4v) is 3.60. The van der Waals surface area contributed by atoms with E-state index in [1.165, 1.54) is 17.7 Å². The third kappa shape index (κ3) is 9.10. The molecule has 1 amide bonds. The number of rotatable bonds is 11. The maximum absolute atomic E-state index is 10.2. The van der Waals surface area contributed by atoms with Gasteiger partial charge in [-0.1, -0.05) is 62.4 Å². The minimum atomic E-state index is -0.789. The van der Waals surface area contributed by atoms with Crippen LogP contribution in [0.4, 0.5) is 11.4 Å². The van der Waals surface area contributed by atoms with E-state index in [0.29, 0.717) is 12.0 Å². The highest BCUT2D eigenvalue weighted by Crippen LogP contribution is 2.26. The van der Waals surface area contributed by atoms with Gasteiger partial charge in [-0.05, 0) is 66.8 Å². The summed E-state index contributed by atoms with van der Waals surface area (Å²) in [6.07, 6.45) is 3.83. The van der Waals surface area contributed by atoms with E-state index >= 15 is 0 Å². The monoisotopic (exact) mass is 517 g/mol. The molecule has 0 heterocycles. The number of benzene rings is 3. The Kier molecular flexibility index (Phi) is 12.6. The van der Waals surface area contributed by atoms with Crippen LogP contribution in [0.2, 0.25) is 0 Å². The summed E-state index contributed by atoms with van der Waals surface area (Å²) in [7, 11) is 1.72. The number of phenols is 1. The highest BCUT2D eigenvalue weighted by Gasteiger charge is 2.08. The number of anilines is 2. The van der Waals surface area contributed by atoms with Crippen molar-refractivity contribution in [3.63, 3.8) is 0 Å². The first-order valence-corrected chi connectivity index (χ1v) is 12.6. The van der Waals surface area contributed by atoms with Crippen LogP contribution in [0.25, 0.3) is 5.57 Å². The molecule has 0 aromatic heterocycles. The Balaban J connectivity index is 0.000000308. The van der Waals surface area contributed by atoms with Crippen molar-refractivity contribution < 1.29 is 19.7 Å². The Morgan fingerprint density at radius 1 is 1.05 bits per heavy atom. The molecule has 0 aliphatic carbocycles. The van der Waals surface area contributed by atoms with E-state index in [1.807, 2.05) is 13.0 Å². The normalized spacial score (nSPS) is 12.4. The molecular weight excluding hydrogens is 478 g/mol. The number of carbonyl (C=O) groups excluding carboxylic acids is 1. The van der Waals surface area contributed by atoms with Crippen LogP contribution >= 0.6 is 0 Å². The van der Waals surface area contributed by atoms with Crippen molar-refractivity contribution in [1.82, 2.24) is 0 Å². The number of allylic oxidation sites excluding steroid dienone is 4. The summed E-state index contributed by atoms with van der Waals surface area (Å²) in [5.41, 5.74) is 12.0. The van der Waals surface area contributed by atoms with Gasteiger partial charge in [0.15, 0.2) is 0 Å². The number of amides is 1. The SMILES string of the molecule is CC/C(=C\C(=C(/C)OC)c1ccccc1)Nc1ccc(CC)cc1.NCC(O)c1ccc(O)c(NC=O)c1. The zero-order chi connectivity index (χ0) is 27.9. The Labute approximate surface area is 225 Å². The molecule has 1 atom stereocenters. The molecule has 7 nitrogen and oxygen atoms in total. The summed E-state index contributed by atoms with van der Waals surface area (Å²) in [6, 6.07) is 23.4. The number of ether oxygens (including phenoxy) is 1. The van der Waals surface area contributed by atoms with Gasteiger partial charge in [-0.3, -0.25) is 4.79 Å². The smallest absolute Gasteiger partial charge is 0.211 e. The minimum absolute atomic E-state index is 0.0509. The third-order valence-electron chi connectivity index (χ3n) is 5.98. The molecule has 6 N–H and O–H groups in total. The number of nitrogens with one attached hydrogen (secondary N) is 2. The fraction of sp³-hybridized carbons (Fsp3) is 0.258. The topological polar surface area (TPSA) is 117 Å². The maximum atomic E-state index is 10.2. The number of aromatic hydroxyl groups is 1. The molecule has 3 rings (SSSR count). The summed E-state index contributed by atoms with van der Waals surface area (Å²) in [4.78, 5) is 10.2. The standard InChI is InChI=1S/C22H27NO.C9H12N2O3/c1-5-18-12-14-21(15-13-18)23-20(6-2)16-22(17(3)24-4)19-10-8-7-9-11-19;10-4-9(14)6-1-2-8(13)7(3-6)11-5-12/h7-16,23H,5-6H2,1-4H3;1-3,5,9,13-14H,4,10H2,(H,11,12)/b20-16+,22-17-;. The molecule has 0 bridgehead atoms. The van der Waals surface area contributed by atoms with E-state index in [9.17, 15) is 15.0 Å². The molecule has 0 spiro atoms. The Bertz CT molecular complexity index is 1210. The van der Waals surface area contributed by atoms with Crippen LogP contribution in [0, 0.1) is 0 Å². The number of aryl methyl sites for hydroxylation is 1. The number of aliphatic hydroxyl groups is 1. The number of nitrogens with two attached hydrogens (primary N) is 1. The molecule has 3 aromatic rings. The molecule has 7 heteroatoms. The first kappa shape index (κ1) is 30.2. The first-order chi connectivity index (χ1) is 18.4. The molecule has 0 aliphatic heterocycles. The van der Waals surface area contributed by atoms with Gasteiger partial charge in [-0.15, -0.1) is 0 Å². The predicted octanol–water partition coefficient (Wildman–Crippen LogP) is 5.99. The molecule has 0 fully saturated rings. The van der Waals surface area contributed by atoms with Crippen LogP contribution < -0.4 is 16.4 Å². The van der Waals surface area contributed by atoms with E-state index in [1.54, 1.807) is 13.2 Å². The number of methoxy groups -OCH3 is 1. The third-order valence-corrected chi connectivity index (χ3v) is 5.98. The summed E-state index contributed by atoms with van der Waals surface area (Å²) >= 11 is 0. The van der Waals surface area contributed by atoms with Gasteiger partial charge < -0.3 is 31.3 Å². The fourth-order valence-electron chi connectivity index (χ4n) is 3.60. The van der Waals surface area contributed by atoms with Gasteiger partial charge in [-0.2, -0.15) is 0 Å². The second-order valence-corrected chi connectivity index (χ2v) is 8.53. The van der Waals surface area contributed by atoms with Gasteiger partial charge in [0.05, 0.1) is 18.9 Å². The summed E-state index contributed by atoms with van der Waals surface area (Å²) in [5, 5.41) is 24.5. The lowest BCUT2D eigenvalue weighted by Gasteiger charge is -2.13. The van der Waals surface area contributed by atoms with E-state index < -0.39 is 6.10 Å². The molecule has 3 aromatic carbocycles. The Hall–Kier alpha value is -4.07. The van der Waals surface area contributed by atoms with Crippen LogP contribution in [-0.2, 0) is 16.0 Å². The molecule has 202 valence electrons. The second-order valence-electron chi connectivity index (χ2n) is 8.53. The second kappa shape index (κ2) is 15.9. The lowest BCUT2D eigenvalue weighted by Crippen LogP contribution is -2.11. The number of hydrogen-bond acceptors (Lipinski definition) is 6. The molecule has 0 aliphatic rings. The van der Waals surface area contributed by atoms with E-state index in [0.717, 1.165) is 41.1 Å². The maximum Gasteiger partial charge on any atom is 0.211 e.